The van der Waals surface area contributed by atoms with Crippen LogP contribution in [-0.2, 0) is 14.0 Å². The molecule has 0 aliphatic carbocycles. The number of pyridine rings is 1. The van der Waals surface area contributed by atoms with E-state index in [9.17, 15) is 4.79 Å². The Balaban J connectivity index is 1.77. The first-order valence-electron chi connectivity index (χ1n) is 10.7. The molecule has 3 heterocycles. The second-order valence-corrected chi connectivity index (χ2v) is 14.4. The molecule has 0 aliphatic heterocycles. The lowest BCUT2D eigenvalue weighted by atomic mass is 10.2. The molecule has 0 aliphatic rings. The first-order valence-corrected chi connectivity index (χ1v) is 14.0. The molecular weight excluding hydrogens is 462 g/mol. The van der Waals surface area contributed by atoms with E-state index in [0.29, 0.717) is 41.3 Å². The molecule has 0 spiro atoms. The number of rotatable bonds is 9. The summed E-state index contributed by atoms with van der Waals surface area (Å²) in [5.41, 5.74) is 0.463. The van der Waals surface area contributed by atoms with E-state index in [4.69, 9.17) is 25.5 Å². The predicted molar refractivity (Wildman–Crippen MR) is 128 cm³/mol. The summed E-state index contributed by atoms with van der Waals surface area (Å²) in [4.78, 5) is 25.2. The van der Waals surface area contributed by atoms with Gasteiger partial charge < -0.3 is 13.9 Å². The Bertz CT molecular complexity index is 1120. The summed E-state index contributed by atoms with van der Waals surface area (Å²) in [5.74, 6) is 0.194. The van der Waals surface area contributed by atoms with E-state index in [-0.39, 0.29) is 10.9 Å². The van der Waals surface area contributed by atoms with Crippen molar-refractivity contribution in [2.24, 2.45) is 0 Å². The summed E-state index contributed by atoms with van der Waals surface area (Å²) in [6.45, 7) is 11.5. The highest BCUT2D eigenvalue weighted by Gasteiger charge is 2.37. The number of nitrogens with zero attached hydrogens (tertiary/aromatic N) is 5. The second-order valence-electron chi connectivity index (χ2n) is 9.16. The Morgan fingerprint density at radius 1 is 1.24 bits per heavy atom. The van der Waals surface area contributed by atoms with E-state index >= 15 is 0 Å². The van der Waals surface area contributed by atoms with E-state index in [1.165, 1.54) is 18.1 Å². The molecule has 0 saturated heterocycles. The maximum Gasteiger partial charge on any atom is 0.347 e. The van der Waals surface area contributed by atoms with Gasteiger partial charge in [0.15, 0.2) is 25.9 Å². The zero-order chi connectivity index (χ0) is 24.2. The molecule has 11 heteroatoms. The third kappa shape index (κ3) is 5.68. The van der Waals surface area contributed by atoms with Crippen LogP contribution in [-0.4, -0.2) is 58.8 Å². The number of aromatic nitrogens is 5. The van der Waals surface area contributed by atoms with Crippen LogP contribution >= 0.6 is 11.6 Å². The molecule has 0 saturated carbocycles. The standard InChI is InChI=1S/C22H30ClN5O4Si/c1-22(2,3)33(5,6)31-12-8-10-17(21(29)30-4)32-20-15-13-27-28(18(15)25-14-26-20)19-16(23)9-7-11-24-19/h7,9,11,13-14,17H,8,10,12H2,1-6H3. The van der Waals surface area contributed by atoms with Gasteiger partial charge in [0.25, 0.3) is 0 Å². The number of methoxy groups -OCH3 is 1. The fraction of sp³-hybridized carbons (Fsp3) is 0.500. The molecule has 3 aromatic rings. The number of carbonyl (C=O) groups is 1. The molecule has 0 radical (unpaired) electrons. The van der Waals surface area contributed by atoms with Crippen LogP contribution in [0.3, 0.4) is 0 Å². The first kappa shape index (κ1) is 25.1. The zero-order valence-electron chi connectivity index (χ0n) is 19.8. The van der Waals surface area contributed by atoms with Gasteiger partial charge in [-0.15, -0.1) is 0 Å². The van der Waals surface area contributed by atoms with E-state index in [1.54, 1.807) is 24.5 Å². The van der Waals surface area contributed by atoms with Gasteiger partial charge in [-0.2, -0.15) is 9.78 Å². The van der Waals surface area contributed by atoms with Gasteiger partial charge in [0, 0.05) is 12.8 Å². The third-order valence-corrected chi connectivity index (χ3v) is 10.7. The monoisotopic (exact) mass is 491 g/mol. The summed E-state index contributed by atoms with van der Waals surface area (Å²) < 4.78 is 18.7. The molecule has 1 atom stereocenters. The van der Waals surface area contributed by atoms with Crippen molar-refractivity contribution in [3.05, 3.63) is 35.9 Å². The average molecular weight is 492 g/mol. The third-order valence-electron chi connectivity index (χ3n) is 5.87. The fourth-order valence-electron chi connectivity index (χ4n) is 2.91. The Labute approximate surface area is 199 Å². The molecule has 0 N–H and O–H groups in total. The number of hydrogen-bond acceptors (Lipinski definition) is 8. The number of esters is 1. The zero-order valence-corrected chi connectivity index (χ0v) is 21.6. The van der Waals surface area contributed by atoms with Gasteiger partial charge in [-0.05, 0) is 43.1 Å². The Morgan fingerprint density at radius 2 is 2.00 bits per heavy atom. The van der Waals surface area contributed by atoms with Crippen molar-refractivity contribution in [2.75, 3.05) is 13.7 Å². The second kappa shape index (κ2) is 10.1. The van der Waals surface area contributed by atoms with Crippen molar-refractivity contribution in [2.45, 2.75) is 57.8 Å². The smallest absolute Gasteiger partial charge is 0.347 e. The molecule has 0 aromatic carbocycles. The average Bonchev–Trinajstić information content (AvgIpc) is 3.19. The minimum Gasteiger partial charge on any atom is -0.466 e. The van der Waals surface area contributed by atoms with Crippen LogP contribution < -0.4 is 4.74 Å². The molecular formula is C22H30ClN5O4Si. The maximum atomic E-state index is 12.4. The van der Waals surface area contributed by atoms with Crippen LogP contribution in [0.2, 0.25) is 23.2 Å². The minimum absolute atomic E-state index is 0.120. The first-order chi connectivity index (χ1) is 15.5. The van der Waals surface area contributed by atoms with Gasteiger partial charge in [0.1, 0.15) is 11.7 Å². The van der Waals surface area contributed by atoms with Crippen LogP contribution in [0.1, 0.15) is 33.6 Å². The van der Waals surface area contributed by atoms with Crippen molar-refractivity contribution < 1.29 is 18.7 Å². The van der Waals surface area contributed by atoms with Crippen molar-refractivity contribution in [1.29, 1.82) is 0 Å². The van der Waals surface area contributed by atoms with Crippen LogP contribution in [0.4, 0.5) is 0 Å². The highest BCUT2D eigenvalue weighted by atomic mass is 35.5. The molecule has 1 unspecified atom stereocenters. The minimum atomic E-state index is -1.86. The van der Waals surface area contributed by atoms with Gasteiger partial charge in [-0.1, -0.05) is 32.4 Å². The highest BCUT2D eigenvalue weighted by molar-refractivity contribution is 6.74. The molecule has 3 rings (SSSR count). The van der Waals surface area contributed by atoms with Crippen molar-refractivity contribution >= 4 is 36.9 Å². The van der Waals surface area contributed by atoms with Crippen LogP contribution in [0.15, 0.2) is 30.9 Å². The van der Waals surface area contributed by atoms with Gasteiger partial charge in [0.05, 0.1) is 18.3 Å². The fourth-order valence-corrected chi connectivity index (χ4v) is 4.20. The lowest BCUT2D eigenvalue weighted by molar-refractivity contribution is -0.149. The summed E-state index contributed by atoms with van der Waals surface area (Å²) >= 11 is 6.26. The Hall–Kier alpha value is -2.56. The van der Waals surface area contributed by atoms with E-state index in [0.717, 1.165) is 0 Å². The quantitative estimate of drug-likeness (QED) is 0.243. The van der Waals surface area contributed by atoms with Crippen molar-refractivity contribution in [1.82, 2.24) is 24.7 Å². The normalized spacial score (nSPS) is 13.2. The predicted octanol–water partition coefficient (Wildman–Crippen LogP) is 4.59. The summed E-state index contributed by atoms with van der Waals surface area (Å²) in [6.07, 6.45) is 4.76. The molecule has 33 heavy (non-hydrogen) atoms. The van der Waals surface area contributed by atoms with E-state index in [1.807, 2.05) is 0 Å². The number of ether oxygens (including phenoxy) is 2. The summed E-state index contributed by atoms with van der Waals surface area (Å²) in [5, 5.41) is 5.42. The molecule has 3 aromatic heterocycles. The van der Waals surface area contributed by atoms with Crippen LogP contribution in [0.25, 0.3) is 16.9 Å². The summed E-state index contributed by atoms with van der Waals surface area (Å²) in [7, 11) is -0.527. The van der Waals surface area contributed by atoms with Gasteiger partial charge >= 0.3 is 5.97 Å². The topological polar surface area (TPSA) is 101 Å². The number of carbonyl (C=O) groups excluding carboxylic acids is 1. The number of fused-ring (bicyclic) bond motifs is 1. The molecule has 0 amide bonds. The maximum absolute atomic E-state index is 12.4. The van der Waals surface area contributed by atoms with E-state index in [2.05, 4.69) is 53.9 Å². The van der Waals surface area contributed by atoms with Crippen molar-refractivity contribution in [3.63, 3.8) is 0 Å². The Kier molecular flexibility index (Phi) is 7.71. The van der Waals surface area contributed by atoms with Gasteiger partial charge in [-0.3, -0.25) is 0 Å². The summed E-state index contributed by atoms with van der Waals surface area (Å²) in [6, 6.07) is 3.45. The molecule has 9 nitrogen and oxygen atoms in total. The molecule has 178 valence electrons. The number of hydrogen-bond donors (Lipinski definition) is 0. The van der Waals surface area contributed by atoms with Crippen molar-refractivity contribution in [3.8, 4) is 11.7 Å². The lowest BCUT2D eigenvalue weighted by Gasteiger charge is -2.36. The van der Waals surface area contributed by atoms with Crippen LogP contribution in [0, 0.1) is 0 Å². The van der Waals surface area contributed by atoms with Gasteiger partial charge in [0.2, 0.25) is 5.88 Å². The molecule has 0 bridgehead atoms. The van der Waals surface area contributed by atoms with E-state index < -0.39 is 20.4 Å². The number of halogens is 1. The largest absolute Gasteiger partial charge is 0.466 e. The highest BCUT2D eigenvalue weighted by Crippen LogP contribution is 2.36. The lowest BCUT2D eigenvalue weighted by Crippen LogP contribution is -2.41. The molecule has 0 fully saturated rings. The Morgan fingerprint density at radius 3 is 2.67 bits per heavy atom. The van der Waals surface area contributed by atoms with Crippen LogP contribution in [0.5, 0.6) is 5.88 Å². The van der Waals surface area contributed by atoms with Gasteiger partial charge in [-0.25, -0.2) is 19.7 Å². The SMILES string of the molecule is COC(=O)C(CCCO[Si](C)(C)C(C)(C)C)Oc1ncnc2c1cnn2-c1ncccc1Cl.